The Hall–Kier alpha value is -0.700. The van der Waals surface area contributed by atoms with Crippen molar-refractivity contribution in [2.75, 3.05) is 33.1 Å². The Morgan fingerprint density at radius 1 is 1.44 bits per heavy atom. The van der Waals surface area contributed by atoms with Crippen LogP contribution in [-0.4, -0.2) is 69.1 Å². The van der Waals surface area contributed by atoms with E-state index in [1.54, 1.807) is 0 Å². The van der Waals surface area contributed by atoms with Gasteiger partial charge in [-0.25, -0.2) is 8.42 Å². The number of aliphatic hydroxyl groups excluding tert-OH is 1. The highest BCUT2D eigenvalue weighted by Crippen LogP contribution is 2.23. The van der Waals surface area contributed by atoms with Crippen LogP contribution >= 0.6 is 0 Å². The van der Waals surface area contributed by atoms with E-state index >= 15 is 0 Å². The Labute approximate surface area is 107 Å². The van der Waals surface area contributed by atoms with Crippen LogP contribution < -0.4 is 0 Å². The average molecular weight is 281 g/mol. The largest absolute Gasteiger partial charge is 0.468 e. The van der Waals surface area contributed by atoms with Crippen molar-refractivity contribution >= 4 is 16.0 Å². The molecule has 1 aliphatic rings. The number of methoxy groups -OCH3 is 2. The van der Waals surface area contributed by atoms with Crippen molar-refractivity contribution in [2.45, 2.75) is 25.0 Å². The second kappa shape index (κ2) is 6.46. The van der Waals surface area contributed by atoms with Crippen LogP contribution in [0.25, 0.3) is 0 Å². The predicted octanol–water partition coefficient (Wildman–Crippen LogP) is -1.04. The summed E-state index contributed by atoms with van der Waals surface area (Å²) < 4.78 is 34.4. The zero-order valence-electron chi connectivity index (χ0n) is 10.5. The molecule has 0 saturated carbocycles. The number of sulfonamides is 1. The number of nitrogens with zero attached hydrogens (tertiary/aromatic N) is 1. The third-order valence-corrected chi connectivity index (χ3v) is 4.74. The van der Waals surface area contributed by atoms with Gasteiger partial charge in [0.2, 0.25) is 10.0 Å². The third kappa shape index (κ3) is 3.64. The molecule has 18 heavy (non-hydrogen) atoms. The number of rotatable bonds is 6. The highest BCUT2D eigenvalue weighted by Gasteiger charge is 2.43. The number of esters is 1. The summed E-state index contributed by atoms with van der Waals surface area (Å²) in [5.74, 6) is -0.747. The first-order valence-corrected chi connectivity index (χ1v) is 7.27. The molecule has 0 aromatic rings. The lowest BCUT2D eigenvalue weighted by Gasteiger charge is -2.21. The van der Waals surface area contributed by atoms with Gasteiger partial charge in [0.1, 0.15) is 6.04 Å². The number of aliphatic hydroxyl groups is 1. The summed E-state index contributed by atoms with van der Waals surface area (Å²) in [7, 11) is -0.890. The lowest BCUT2D eigenvalue weighted by Crippen LogP contribution is -2.42. The lowest BCUT2D eigenvalue weighted by molar-refractivity contribution is -0.144. The molecule has 8 heteroatoms. The molecule has 0 aliphatic carbocycles. The van der Waals surface area contributed by atoms with Gasteiger partial charge in [-0.2, -0.15) is 4.31 Å². The van der Waals surface area contributed by atoms with Gasteiger partial charge in [0, 0.05) is 26.7 Å². The highest BCUT2D eigenvalue weighted by atomic mass is 32.2. The van der Waals surface area contributed by atoms with Crippen LogP contribution in [-0.2, 0) is 24.3 Å². The van der Waals surface area contributed by atoms with Crippen LogP contribution in [0.4, 0.5) is 0 Å². The predicted molar refractivity (Wildman–Crippen MR) is 63.4 cm³/mol. The Bertz CT molecular complexity index is 382. The Kier molecular flexibility index (Phi) is 5.51. The van der Waals surface area contributed by atoms with Gasteiger partial charge in [0.15, 0.2) is 0 Å². The van der Waals surface area contributed by atoms with Crippen molar-refractivity contribution in [3.63, 3.8) is 0 Å². The first-order valence-electron chi connectivity index (χ1n) is 5.66. The highest BCUT2D eigenvalue weighted by molar-refractivity contribution is 7.89. The standard InChI is InChI=1S/C10H19NO6S/c1-16-4-3-5-18(14,15)11-7-8(12)6-9(11)10(13)17-2/h8-9,12H,3-7H2,1-2H3/t8-,9-/m0/s1. The molecular weight excluding hydrogens is 262 g/mol. The molecule has 106 valence electrons. The maximum absolute atomic E-state index is 12.0. The minimum absolute atomic E-state index is 0.0604. The zero-order valence-corrected chi connectivity index (χ0v) is 11.4. The molecule has 0 amide bonds. The summed E-state index contributed by atoms with van der Waals surface area (Å²) in [6.07, 6.45) is -0.401. The van der Waals surface area contributed by atoms with Gasteiger partial charge in [0.25, 0.3) is 0 Å². The molecule has 7 nitrogen and oxygen atoms in total. The maximum Gasteiger partial charge on any atom is 0.324 e. The van der Waals surface area contributed by atoms with Crippen LogP contribution in [0.15, 0.2) is 0 Å². The second-order valence-corrected chi connectivity index (χ2v) is 6.20. The van der Waals surface area contributed by atoms with Gasteiger partial charge >= 0.3 is 5.97 Å². The summed E-state index contributed by atoms with van der Waals surface area (Å²) in [4.78, 5) is 11.5. The van der Waals surface area contributed by atoms with E-state index in [0.29, 0.717) is 13.0 Å². The van der Waals surface area contributed by atoms with Crippen LogP contribution in [0.5, 0.6) is 0 Å². The molecule has 0 spiro atoms. The SMILES string of the molecule is COCCCS(=O)(=O)N1C[C@@H](O)C[C@H]1C(=O)OC. The maximum atomic E-state index is 12.0. The van der Waals surface area contributed by atoms with E-state index in [2.05, 4.69) is 4.74 Å². The minimum Gasteiger partial charge on any atom is -0.468 e. The monoisotopic (exact) mass is 281 g/mol. The Balaban J connectivity index is 2.75. The van der Waals surface area contributed by atoms with E-state index in [1.807, 2.05) is 0 Å². The Morgan fingerprint density at radius 3 is 2.67 bits per heavy atom. The third-order valence-electron chi connectivity index (χ3n) is 2.81. The van der Waals surface area contributed by atoms with Gasteiger partial charge < -0.3 is 14.6 Å². The van der Waals surface area contributed by atoms with Crippen LogP contribution in [0.3, 0.4) is 0 Å². The topological polar surface area (TPSA) is 93.1 Å². The number of hydrogen-bond acceptors (Lipinski definition) is 6. The molecule has 1 rings (SSSR count). The lowest BCUT2D eigenvalue weighted by atomic mass is 10.2. The van der Waals surface area contributed by atoms with Crippen molar-refractivity contribution in [3.8, 4) is 0 Å². The molecule has 0 aromatic heterocycles. The number of hydrogen-bond donors (Lipinski definition) is 1. The number of carbonyl (C=O) groups is 1. The molecule has 0 bridgehead atoms. The zero-order chi connectivity index (χ0) is 13.8. The average Bonchev–Trinajstić information content (AvgIpc) is 2.71. The smallest absolute Gasteiger partial charge is 0.324 e. The van der Waals surface area contributed by atoms with E-state index in [1.165, 1.54) is 14.2 Å². The van der Waals surface area contributed by atoms with Crippen LogP contribution in [0.1, 0.15) is 12.8 Å². The summed E-state index contributed by atoms with van der Waals surface area (Å²) in [5.41, 5.74) is 0. The quantitative estimate of drug-likeness (QED) is 0.494. The molecule has 2 atom stereocenters. The molecule has 1 heterocycles. The summed E-state index contributed by atoms with van der Waals surface area (Å²) >= 11 is 0. The molecule has 0 aromatic carbocycles. The fourth-order valence-corrected chi connectivity index (χ4v) is 3.62. The summed E-state index contributed by atoms with van der Waals surface area (Å²) in [6.45, 7) is 0.271. The number of β-amino-alcohol motifs (C(OH)–C–C–N with tert-alkyl or cyclic N) is 1. The van der Waals surface area contributed by atoms with E-state index in [-0.39, 0.29) is 18.7 Å². The molecule has 1 fully saturated rings. The van der Waals surface area contributed by atoms with Crippen molar-refractivity contribution in [3.05, 3.63) is 0 Å². The van der Waals surface area contributed by atoms with Gasteiger partial charge in [-0.05, 0) is 6.42 Å². The van der Waals surface area contributed by atoms with E-state index in [0.717, 1.165) is 4.31 Å². The normalized spacial score (nSPS) is 25.3. The molecule has 1 saturated heterocycles. The number of carbonyl (C=O) groups excluding carboxylic acids is 1. The van der Waals surface area contributed by atoms with E-state index < -0.39 is 28.1 Å². The summed E-state index contributed by atoms with van der Waals surface area (Å²) in [6, 6.07) is -0.919. The first kappa shape index (κ1) is 15.4. The minimum atomic E-state index is -3.58. The van der Waals surface area contributed by atoms with Crippen molar-refractivity contribution in [1.29, 1.82) is 0 Å². The molecule has 1 N–H and O–H groups in total. The van der Waals surface area contributed by atoms with Crippen molar-refractivity contribution in [1.82, 2.24) is 4.31 Å². The molecular formula is C10H19NO6S. The molecule has 0 radical (unpaired) electrons. The second-order valence-electron chi connectivity index (χ2n) is 4.16. The van der Waals surface area contributed by atoms with Gasteiger partial charge in [-0.3, -0.25) is 4.79 Å². The molecule has 0 unspecified atom stereocenters. The fourth-order valence-electron chi connectivity index (χ4n) is 1.94. The molecule has 1 aliphatic heterocycles. The van der Waals surface area contributed by atoms with Gasteiger partial charge in [-0.1, -0.05) is 0 Å². The first-order chi connectivity index (χ1) is 8.42. The van der Waals surface area contributed by atoms with Crippen molar-refractivity contribution < 1.29 is 27.8 Å². The van der Waals surface area contributed by atoms with Crippen LogP contribution in [0.2, 0.25) is 0 Å². The van der Waals surface area contributed by atoms with Gasteiger partial charge in [0.05, 0.1) is 19.0 Å². The summed E-state index contributed by atoms with van der Waals surface area (Å²) in [5, 5.41) is 9.51. The van der Waals surface area contributed by atoms with Crippen molar-refractivity contribution in [2.24, 2.45) is 0 Å². The van der Waals surface area contributed by atoms with E-state index in [4.69, 9.17) is 4.74 Å². The van der Waals surface area contributed by atoms with Crippen LogP contribution in [0, 0.1) is 0 Å². The van der Waals surface area contributed by atoms with E-state index in [9.17, 15) is 18.3 Å². The Morgan fingerprint density at radius 2 is 2.11 bits per heavy atom. The van der Waals surface area contributed by atoms with Gasteiger partial charge in [-0.15, -0.1) is 0 Å². The fraction of sp³-hybridized carbons (Fsp3) is 0.900. The number of ether oxygens (including phenoxy) is 2.